The van der Waals surface area contributed by atoms with Crippen LogP contribution in [0.1, 0.15) is 13.3 Å². The molecule has 0 aromatic carbocycles. The highest BCUT2D eigenvalue weighted by atomic mass is 16.5. The van der Waals surface area contributed by atoms with Gasteiger partial charge >= 0.3 is 12.0 Å². The van der Waals surface area contributed by atoms with Gasteiger partial charge in [-0.05, 0) is 5.92 Å². The van der Waals surface area contributed by atoms with Gasteiger partial charge in [0.2, 0.25) is 0 Å². The number of carboxylic acid groups (broad SMARTS) is 1. The lowest BCUT2D eigenvalue weighted by Gasteiger charge is -2.18. The van der Waals surface area contributed by atoms with Crippen molar-refractivity contribution in [3.8, 4) is 0 Å². The maximum atomic E-state index is 11.5. The van der Waals surface area contributed by atoms with Gasteiger partial charge in [-0.1, -0.05) is 6.92 Å². The van der Waals surface area contributed by atoms with E-state index in [2.05, 4.69) is 5.32 Å². The van der Waals surface area contributed by atoms with Gasteiger partial charge in [-0.25, -0.2) is 4.79 Å². The first-order chi connectivity index (χ1) is 7.47. The predicted octanol–water partition coefficient (Wildman–Crippen LogP) is 0.385. The molecule has 0 heterocycles. The molecule has 2 N–H and O–H groups in total. The molecule has 0 aliphatic rings. The fourth-order valence-corrected chi connectivity index (χ4v) is 1.10. The molecule has 0 spiro atoms. The van der Waals surface area contributed by atoms with E-state index in [-0.39, 0.29) is 18.4 Å². The average Bonchev–Trinajstić information content (AvgIpc) is 2.21. The molecule has 94 valence electrons. The predicted molar refractivity (Wildman–Crippen MR) is 59.3 cm³/mol. The van der Waals surface area contributed by atoms with Crippen molar-refractivity contribution >= 4 is 12.0 Å². The van der Waals surface area contributed by atoms with E-state index in [1.165, 1.54) is 4.90 Å². The Morgan fingerprint density at radius 3 is 2.62 bits per heavy atom. The van der Waals surface area contributed by atoms with Crippen molar-refractivity contribution in [2.45, 2.75) is 13.3 Å². The molecule has 0 saturated heterocycles. The summed E-state index contributed by atoms with van der Waals surface area (Å²) in [5.41, 5.74) is 0. The lowest BCUT2D eigenvalue weighted by molar-refractivity contribution is -0.137. The highest BCUT2D eigenvalue weighted by Gasteiger charge is 2.11. The van der Waals surface area contributed by atoms with Crippen LogP contribution in [0.2, 0.25) is 0 Å². The molecule has 0 bridgehead atoms. The van der Waals surface area contributed by atoms with Crippen LogP contribution in [0.5, 0.6) is 0 Å². The lowest BCUT2D eigenvalue weighted by atomic mass is 10.1. The number of nitrogens with zero attached hydrogens (tertiary/aromatic N) is 1. The van der Waals surface area contributed by atoms with Crippen molar-refractivity contribution in [3.05, 3.63) is 0 Å². The smallest absolute Gasteiger partial charge is 0.317 e. The Balaban J connectivity index is 3.74. The molecule has 0 rings (SSSR count). The molecule has 0 aliphatic carbocycles. The fourth-order valence-electron chi connectivity index (χ4n) is 1.10. The molecule has 6 nitrogen and oxygen atoms in total. The monoisotopic (exact) mass is 232 g/mol. The summed E-state index contributed by atoms with van der Waals surface area (Å²) in [4.78, 5) is 23.3. The summed E-state index contributed by atoms with van der Waals surface area (Å²) in [6.45, 7) is 3.14. The number of carbonyl (C=O) groups is 2. The highest BCUT2D eigenvalue weighted by Crippen LogP contribution is 1.99. The van der Waals surface area contributed by atoms with Gasteiger partial charge in [0.1, 0.15) is 0 Å². The Hall–Kier alpha value is -1.30. The van der Waals surface area contributed by atoms with Gasteiger partial charge in [0.15, 0.2) is 0 Å². The molecule has 0 aromatic rings. The zero-order valence-corrected chi connectivity index (χ0v) is 10.0. The number of methoxy groups -OCH3 is 1. The number of urea groups is 1. The minimum atomic E-state index is -0.852. The van der Waals surface area contributed by atoms with E-state index < -0.39 is 5.97 Å². The first kappa shape index (κ1) is 14.7. The normalized spacial score (nSPS) is 11.9. The fraction of sp³-hybridized carbons (Fsp3) is 0.800. The minimum Gasteiger partial charge on any atom is -0.481 e. The largest absolute Gasteiger partial charge is 0.481 e. The highest BCUT2D eigenvalue weighted by molar-refractivity contribution is 5.74. The summed E-state index contributed by atoms with van der Waals surface area (Å²) in [7, 11) is 3.23. The van der Waals surface area contributed by atoms with Gasteiger partial charge in [-0.3, -0.25) is 4.79 Å². The maximum absolute atomic E-state index is 11.5. The van der Waals surface area contributed by atoms with Crippen LogP contribution in [0.15, 0.2) is 0 Å². The third-order valence-corrected chi connectivity index (χ3v) is 2.10. The zero-order chi connectivity index (χ0) is 12.6. The van der Waals surface area contributed by atoms with E-state index in [0.29, 0.717) is 19.7 Å². The van der Waals surface area contributed by atoms with E-state index >= 15 is 0 Å². The number of carbonyl (C=O) groups excluding carboxylic acids is 1. The molecule has 0 saturated carbocycles. The number of hydrogen-bond acceptors (Lipinski definition) is 3. The first-order valence-electron chi connectivity index (χ1n) is 5.17. The third kappa shape index (κ3) is 7.05. The molecular weight excluding hydrogens is 212 g/mol. The number of rotatable bonds is 7. The number of carboxylic acids is 1. The molecule has 16 heavy (non-hydrogen) atoms. The van der Waals surface area contributed by atoms with Gasteiger partial charge in [-0.2, -0.15) is 0 Å². The van der Waals surface area contributed by atoms with E-state index in [1.807, 2.05) is 0 Å². The van der Waals surface area contributed by atoms with E-state index in [1.54, 1.807) is 21.1 Å². The van der Waals surface area contributed by atoms with Crippen LogP contribution in [0, 0.1) is 5.92 Å². The van der Waals surface area contributed by atoms with E-state index in [0.717, 1.165) is 0 Å². The van der Waals surface area contributed by atoms with Crippen LogP contribution in [0.3, 0.4) is 0 Å². The second-order valence-electron chi connectivity index (χ2n) is 3.80. The number of amides is 2. The Bertz CT molecular complexity index is 233. The molecule has 0 radical (unpaired) electrons. The van der Waals surface area contributed by atoms with Crippen molar-refractivity contribution in [1.29, 1.82) is 0 Å². The van der Waals surface area contributed by atoms with Crippen molar-refractivity contribution in [1.82, 2.24) is 10.2 Å². The number of aliphatic carboxylic acids is 1. The summed E-state index contributed by atoms with van der Waals surface area (Å²) in [6, 6.07) is -0.214. The SMILES string of the molecule is COCCN(C)C(=O)NCC(C)CC(=O)O. The molecular formula is C10H20N2O4. The Labute approximate surface area is 95.6 Å². The van der Waals surface area contributed by atoms with E-state index in [4.69, 9.17) is 9.84 Å². The summed E-state index contributed by atoms with van der Waals surface area (Å²) in [5.74, 6) is -0.924. The molecule has 1 atom stereocenters. The van der Waals surface area contributed by atoms with Crippen LogP contribution in [0.25, 0.3) is 0 Å². The van der Waals surface area contributed by atoms with Crippen molar-refractivity contribution in [3.63, 3.8) is 0 Å². The number of hydrogen-bond donors (Lipinski definition) is 2. The molecule has 0 aromatic heterocycles. The quantitative estimate of drug-likeness (QED) is 0.665. The van der Waals surface area contributed by atoms with Gasteiger partial charge in [0, 0.05) is 33.7 Å². The van der Waals surface area contributed by atoms with Gasteiger partial charge in [0.05, 0.1) is 6.61 Å². The minimum absolute atomic E-state index is 0.0576. The van der Waals surface area contributed by atoms with Gasteiger partial charge in [-0.15, -0.1) is 0 Å². The topological polar surface area (TPSA) is 78.9 Å². The Morgan fingerprint density at radius 2 is 2.12 bits per heavy atom. The average molecular weight is 232 g/mol. The van der Waals surface area contributed by atoms with Gasteiger partial charge < -0.3 is 20.1 Å². The molecule has 0 aliphatic heterocycles. The van der Waals surface area contributed by atoms with E-state index in [9.17, 15) is 9.59 Å². The van der Waals surface area contributed by atoms with Crippen molar-refractivity contribution in [2.24, 2.45) is 5.92 Å². The summed E-state index contributed by atoms with van der Waals surface area (Å²) < 4.78 is 4.84. The number of ether oxygens (including phenoxy) is 1. The summed E-state index contributed by atoms with van der Waals surface area (Å²) in [6.07, 6.45) is 0.0576. The third-order valence-electron chi connectivity index (χ3n) is 2.10. The first-order valence-corrected chi connectivity index (χ1v) is 5.17. The standard InChI is InChI=1S/C10H20N2O4/c1-8(6-9(13)14)7-11-10(15)12(2)4-5-16-3/h8H,4-7H2,1-3H3,(H,11,15)(H,13,14). The van der Waals surface area contributed by atoms with Crippen molar-refractivity contribution in [2.75, 3.05) is 33.9 Å². The number of likely N-dealkylation sites (N-methyl/N-ethyl adjacent to an activating group) is 1. The Morgan fingerprint density at radius 1 is 1.50 bits per heavy atom. The zero-order valence-electron chi connectivity index (χ0n) is 10.0. The van der Waals surface area contributed by atoms with Gasteiger partial charge in [0.25, 0.3) is 0 Å². The van der Waals surface area contributed by atoms with Crippen LogP contribution >= 0.6 is 0 Å². The van der Waals surface area contributed by atoms with Crippen LogP contribution in [-0.2, 0) is 9.53 Å². The number of nitrogens with one attached hydrogen (secondary N) is 1. The molecule has 1 unspecified atom stereocenters. The molecule has 6 heteroatoms. The molecule has 2 amide bonds. The lowest BCUT2D eigenvalue weighted by Crippen LogP contribution is -2.40. The maximum Gasteiger partial charge on any atom is 0.317 e. The van der Waals surface area contributed by atoms with Crippen LogP contribution in [-0.4, -0.2) is 55.9 Å². The van der Waals surface area contributed by atoms with Crippen molar-refractivity contribution < 1.29 is 19.4 Å². The molecule has 0 fully saturated rings. The second-order valence-corrected chi connectivity index (χ2v) is 3.80. The summed E-state index contributed by atoms with van der Waals surface area (Å²) in [5, 5.41) is 11.2. The van der Waals surface area contributed by atoms with Crippen LogP contribution in [0.4, 0.5) is 4.79 Å². The second kappa shape index (κ2) is 7.92. The summed E-state index contributed by atoms with van der Waals surface area (Å²) >= 11 is 0. The van der Waals surface area contributed by atoms with Crippen LogP contribution < -0.4 is 5.32 Å². The Kier molecular flexibility index (Phi) is 7.28.